The number of para-hydroxylation sites is 1. The van der Waals surface area contributed by atoms with Gasteiger partial charge in [-0.15, -0.1) is 0 Å². The third-order valence-electron chi connectivity index (χ3n) is 5.70. The van der Waals surface area contributed by atoms with Gasteiger partial charge in [0.2, 0.25) is 0 Å². The van der Waals surface area contributed by atoms with Crippen LogP contribution in [-0.2, 0) is 6.42 Å². The number of methoxy groups -OCH3 is 1. The summed E-state index contributed by atoms with van der Waals surface area (Å²) in [6.07, 6.45) is 0.875. The van der Waals surface area contributed by atoms with Crippen LogP contribution in [-0.4, -0.2) is 28.2 Å². The first-order valence-corrected chi connectivity index (χ1v) is 10.1. The highest BCUT2D eigenvalue weighted by Crippen LogP contribution is 2.32. The van der Waals surface area contributed by atoms with Crippen molar-refractivity contribution in [3.63, 3.8) is 0 Å². The zero-order valence-corrected chi connectivity index (χ0v) is 17.1. The molecule has 4 aromatic rings. The highest BCUT2D eigenvalue weighted by atomic mass is 32.1. The van der Waals surface area contributed by atoms with Crippen LogP contribution in [0.5, 0.6) is 11.6 Å². The predicted octanol–water partition coefficient (Wildman–Crippen LogP) is 1.67. The lowest BCUT2D eigenvalue weighted by Gasteiger charge is -2.27. The quantitative estimate of drug-likeness (QED) is 0.439. The zero-order chi connectivity index (χ0) is 20.8. The molecule has 1 unspecified atom stereocenters. The van der Waals surface area contributed by atoms with Gasteiger partial charge in [0.05, 0.1) is 24.9 Å². The molecule has 1 aliphatic heterocycles. The van der Waals surface area contributed by atoms with Crippen LogP contribution in [0.4, 0.5) is 0 Å². The highest BCUT2D eigenvalue weighted by molar-refractivity contribution is 7.71. The van der Waals surface area contributed by atoms with E-state index in [4.69, 9.17) is 17.0 Å². The van der Waals surface area contributed by atoms with E-state index in [2.05, 4.69) is 16.0 Å². The molecule has 0 aliphatic carbocycles. The van der Waals surface area contributed by atoms with Crippen LogP contribution in [0.25, 0.3) is 16.6 Å². The number of hydrogen-bond acceptors (Lipinski definition) is 4. The van der Waals surface area contributed by atoms with Crippen molar-refractivity contribution < 1.29 is 15.2 Å². The summed E-state index contributed by atoms with van der Waals surface area (Å²) in [5.74, 6) is 0.271. The molecule has 0 bridgehead atoms. The Labute approximate surface area is 177 Å². The molecule has 2 aromatic heterocycles. The summed E-state index contributed by atoms with van der Waals surface area (Å²) in [4.78, 5) is 19.0. The molecule has 1 atom stereocenters. The van der Waals surface area contributed by atoms with Crippen LogP contribution in [0.2, 0.25) is 0 Å². The van der Waals surface area contributed by atoms with Gasteiger partial charge in [-0.2, -0.15) is 0 Å². The molecule has 7 nitrogen and oxygen atoms in total. The fraction of sp³-hybridized carbons (Fsp3) is 0.182. The SMILES string of the molecule is COc1ccc(-n2c([O-])c(C3[NH2+]CCc4c3[nH]c3ccccc43)c(=O)[nH]c2=S)cc1. The molecule has 0 saturated heterocycles. The maximum absolute atomic E-state index is 13.5. The normalized spacial score (nSPS) is 15.8. The average molecular weight is 420 g/mol. The minimum atomic E-state index is -0.442. The molecular formula is C22H20N4O3S. The smallest absolute Gasteiger partial charge is 0.260 e. The molecule has 0 amide bonds. The number of fused-ring (bicyclic) bond motifs is 3. The maximum atomic E-state index is 13.5. The molecule has 3 heterocycles. The molecular weight excluding hydrogens is 400 g/mol. The van der Waals surface area contributed by atoms with E-state index in [9.17, 15) is 9.90 Å². The lowest BCUT2D eigenvalue weighted by atomic mass is 9.95. The number of aromatic amines is 2. The first-order valence-electron chi connectivity index (χ1n) is 9.72. The third-order valence-corrected chi connectivity index (χ3v) is 5.98. The van der Waals surface area contributed by atoms with Gasteiger partial charge in [0.15, 0.2) is 10.8 Å². The number of quaternary nitrogens is 1. The minimum absolute atomic E-state index is 0.0756. The number of hydrogen-bond donors (Lipinski definition) is 3. The summed E-state index contributed by atoms with van der Waals surface area (Å²) in [6, 6.07) is 14.6. The standard InChI is InChI=1S/C22H20N4O3S/c1-29-13-8-6-12(7-9-13)26-21(28)17(20(27)25-22(26)30)19-18-15(10-11-23-19)14-4-2-3-5-16(14)24-18/h2-9,19,23-24,28H,10-11H2,1H3,(H,25,27,30). The van der Waals surface area contributed by atoms with Crippen molar-refractivity contribution in [2.75, 3.05) is 13.7 Å². The number of nitrogens with one attached hydrogen (secondary N) is 2. The van der Waals surface area contributed by atoms with Gasteiger partial charge in [0.1, 0.15) is 5.75 Å². The molecule has 0 radical (unpaired) electrons. The Morgan fingerprint density at radius 2 is 1.93 bits per heavy atom. The van der Waals surface area contributed by atoms with E-state index in [1.54, 1.807) is 31.4 Å². The molecule has 30 heavy (non-hydrogen) atoms. The minimum Gasteiger partial charge on any atom is -0.859 e. The number of nitrogens with two attached hydrogens (primary N) is 1. The second-order valence-electron chi connectivity index (χ2n) is 7.33. The van der Waals surface area contributed by atoms with Gasteiger partial charge in [-0.25, -0.2) is 0 Å². The van der Waals surface area contributed by atoms with Crippen LogP contribution in [0, 0.1) is 4.77 Å². The summed E-state index contributed by atoms with van der Waals surface area (Å²) in [7, 11) is 1.58. The van der Waals surface area contributed by atoms with Crippen molar-refractivity contribution >= 4 is 23.1 Å². The molecule has 0 saturated carbocycles. The summed E-state index contributed by atoms with van der Waals surface area (Å²) < 4.78 is 6.64. The second-order valence-corrected chi connectivity index (χ2v) is 7.71. The van der Waals surface area contributed by atoms with Crippen LogP contribution in [0.15, 0.2) is 53.3 Å². The Hall–Kier alpha value is -3.36. The fourth-order valence-electron chi connectivity index (χ4n) is 4.30. The van der Waals surface area contributed by atoms with Gasteiger partial charge < -0.3 is 24.7 Å². The summed E-state index contributed by atoms with van der Waals surface area (Å²) in [5.41, 5.74) is 3.39. The van der Waals surface area contributed by atoms with Gasteiger partial charge in [-0.05, 0) is 54.0 Å². The van der Waals surface area contributed by atoms with Gasteiger partial charge >= 0.3 is 0 Å². The van der Waals surface area contributed by atoms with Crippen LogP contribution < -0.4 is 20.7 Å². The van der Waals surface area contributed by atoms with Crippen LogP contribution in [0.3, 0.4) is 0 Å². The number of H-pyrrole nitrogens is 2. The zero-order valence-electron chi connectivity index (χ0n) is 16.3. The number of nitrogens with zero attached hydrogens (tertiary/aromatic N) is 1. The first-order chi connectivity index (χ1) is 14.6. The van der Waals surface area contributed by atoms with E-state index in [1.165, 1.54) is 4.57 Å². The Bertz CT molecular complexity index is 1370. The second kappa shape index (κ2) is 7.16. The molecule has 4 N–H and O–H groups in total. The van der Waals surface area contributed by atoms with Gasteiger partial charge in [0, 0.05) is 23.0 Å². The van der Waals surface area contributed by atoms with Gasteiger partial charge in [0.25, 0.3) is 5.56 Å². The highest BCUT2D eigenvalue weighted by Gasteiger charge is 2.31. The molecule has 5 rings (SSSR count). The van der Waals surface area contributed by atoms with Crippen LogP contribution in [0.1, 0.15) is 22.9 Å². The Balaban J connectivity index is 1.71. The third kappa shape index (κ3) is 2.84. The fourth-order valence-corrected chi connectivity index (χ4v) is 4.58. The first kappa shape index (κ1) is 18.7. The lowest BCUT2D eigenvalue weighted by Crippen LogP contribution is -2.87. The Kier molecular flexibility index (Phi) is 4.45. The summed E-state index contributed by atoms with van der Waals surface area (Å²) >= 11 is 5.32. The maximum Gasteiger partial charge on any atom is 0.260 e. The van der Waals surface area contributed by atoms with Crippen molar-refractivity contribution in [1.29, 1.82) is 0 Å². The van der Waals surface area contributed by atoms with Crippen molar-refractivity contribution in [3.05, 3.63) is 80.5 Å². The number of ether oxygens (including phenoxy) is 1. The molecule has 152 valence electrons. The van der Waals surface area contributed by atoms with Crippen molar-refractivity contribution in [2.24, 2.45) is 0 Å². The van der Waals surface area contributed by atoms with E-state index < -0.39 is 17.5 Å². The summed E-state index contributed by atoms with van der Waals surface area (Å²) in [5, 5.41) is 16.7. The molecule has 1 aliphatic rings. The topological polar surface area (TPSA) is 102 Å². The largest absolute Gasteiger partial charge is 0.859 e. The Morgan fingerprint density at radius 3 is 2.70 bits per heavy atom. The summed E-state index contributed by atoms with van der Waals surface area (Å²) in [6.45, 7) is 0.788. The number of benzene rings is 2. The van der Waals surface area contributed by atoms with Crippen LogP contribution >= 0.6 is 12.2 Å². The van der Waals surface area contributed by atoms with Gasteiger partial charge in [-0.1, -0.05) is 18.2 Å². The van der Waals surface area contributed by atoms with E-state index >= 15 is 0 Å². The predicted molar refractivity (Wildman–Crippen MR) is 114 cm³/mol. The van der Waals surface area contributed by atoms with E-state index in [-0.39, 0.29) is 10.3 Å². The van der Waals surface area contributed by atoms with Crippen molar-refractivity contribution in [3.8, 4) is 17.3 Å². The molecule has 2 aromatic carbocycles. The van der Waals surface area contributed by atoms with E-state index in [1.807, 2.05) is 23.5 Å². The average Bonchev–Trinajstić information content (AvgIpc) is 3.13. The molecule has 8 heteroatoms. The lowest BCUT2D eigenvalue weighted by molar-refractivity contribution is -0.691. The molecule has 0 spiro atoms. The van der Waals surface area contributed by atoms with Gasteiger partial charge in [-0.3, -0.25) is 9.78 Å². The number of rotatable bonds is 3. The van der Waals surface area contributed by atoms with Crippen molar-refractivity contribution in [2.45, 2.75) is 12.5 Å². The van der Waals surface area contributed by atoms with E-state index in [0.29, 0.717) is 11.4 Å². The Morgan fingerprint density at radius 1 is 1.17 bits per heavy atom. The number of aromatic nitrogens is 3. The molecule has 0 fully saturated rings. The van der Waals surface area contributed by atoms with E-state index in [0.717, 1.165) is 35.1 Å². The van der Waals surface area contributed by atoms with Crippen molar-refractivity contribution in [1.82, 2.24) is 14.5 Å². The monoisotopic (exact) mass is 420 g/mol.